The summed E-state index contributed by atoms with van der Waals surface area (Å²) in [5.74, 6) is 0.0430. The third-order valence-corrected chi connectivity index (χ3v) is 8.88. The van der Waals surface area contributed by atoms with Crippen molar-refractivity contribution in [3.8, 4) is 0 Å². The van der Waals surface area contributed by atoms with Crippen LogP contribution in [0.3, 0.4) is 0 Å². The van der Waals surface area contributed by atoms with Gasteiger partial charge in [0, 0.05) is 41.6 Å². The van der Waals surface area contributed by atoms with Crippen molar-refractivity contribution in [2.75, 3.05) is 6.54 Å². The Morgan fingerprint density at radius 3 is 2.37 bits per heavy atom. The number of nitrogens with one attached hydrogen (secondary N) is 1. The number of benzene rings is 1. The van der Waals surface area contributed by atoms with Gasteiger partial charge in [-0.25, -0.2) is 4.79 Å². The molecule has 0 aliphatic heterocycles. The maximum absolute atomic E-state index is 14.0. The fraction of sp³-hybridized carbons (Fsp3) is 0.613. The molecule has 208 valence electrons. The quantitative estimate of drug-likeness (QED) is 0.353. The number of hydrogen-bond donors (Lipinski definition) is 1. The first kappa shape index (κ1) is 28.5. The minimum Gasteiger partial charge on any atom is -0.345 e. The van der Waals surface area contributed by atoms with E-state index in [1.807, 2.05) is 37.3 Å². The van der Waals surface area contributed by atoms with Gasteiger partial charge in [-0.2, -0.15) is 0 Å². The Hall–Kier alpha value is -2.47. The lowest BCUT2D eigenvalue weighted by Crippen LogP contribution is -2.53. The molecule has 1 unspecified atom stereocenters. The van der Waals surface area contributed by atoms with E-state index in [1.165, 1.54) is 12.8 Å². The zero-order valence-corrected chi connectivity index (χ0v) is 24.0. The first-order chi connectivity index (χ1) is 18.5. The molecule has 1 aromatic heterocycles. The molecule has 4 rings (SSSR count). The average molecular weight is 541 g/mol. The predicted molar refractivity (Wildman–Crippen MR) is 154 cm³/mol. The maximum Gasteiger partial charge on any atom is 0.318 e. The zero-order chi connectivity index (χ0) is 26.9. The molecule has 1 atom stereocenters. The number of urea groups is 1. The summed E-state index contributed by atoms with van der Waals surface area (Å²) in [6, 6.07) is 12.4. The molecule has 38 heavy (non-hydrogen) atoms. The van der Waals surface area contributed by atoms with Gasteiger partial charge in [0.25, 0.3) is 0 Å². The molecule has 2 fully saturated rings. The molecule has 0 spiro atoms. The van der Waals surface area contributed by atoms with Crippen molar-refractivity contribution in [3.05, 3.63) is 58.9 Å². The smallest absolute Gasteiger partial charge is 0.318 e. The van der Waals surface area contributed by atoms with E-state index in [-0.39, 0.29) is 36.6 Å². The first-order valence-corrected chi connectivity index (χ1v) is 15.1. The van der Waals surface area contributed by atoms with Crippen LogP contribution in [0.25, 0.3) is 0 Å². The van der Waals surface area contributed by atoms with Crippen LogP contribution in [0, 0.1) is 0 Å². The van der Waals surface area contributed by atoms with Gasteiger partial charge in [0.2, 0.25) is 5.91 Å². The summed E-state index contributed by atoms with van der Waals surface area (Å²) >= 11 is 6.45. The lowest BCUT2D eigenvalue weighted by molar-refractivity contribution is -0.136. The Kier molecular flexibility index (Phi) is 10.6. The Labute approximate surface area is 233 Å². The zero-order valence-electron chi connectivity index (χ0n) is 23.2. The largest absolute Gasteiger partial charge is 0.345 e. The van der Waals surface area contributed by atoms with Crippen molar-refractivity contribution in [2.24, 2.45) is 0 Å². The van der Waals surface area contributed by atoms with Gasteiger partial charge < -0.3 is 19.7 Å². The van der Waals surface area contributed by atoms with Gasteiger partial charge in [-0.1, -0.05) is 75.2 Å². The first-order valence-electron chi connectivity index (χ1n) is 14.7. The van der Waals surface area contributed by atoms with Gasteiger partial charge >= 0.3 is 6.03 Å². The Balaban J connectivity index is 1.51. The second-order valence-corrected chi connectivity index (χ2v) is 11.6. The van der Waals surface area contributed by atoms with Crippen molar-refractivity contribution in [3.63, 3.8) is 0 Å². The van der Waals surface area contributed by atoms with Crippen molar-refractivity contribution in [1.82, 2.24) is 19.7 Å². The fourth-order valence-electron chi connectivity index (χ4n) is 5.93. The second-order valence-electron chi connectivity index (χ2n) is 11.2. The number of carbonyl (C=O) groups excluding carboxylic acids is 2. The number of carbonyl (C=O) groups is 2. The molecule has 2 aromatic rings. The molecule has 0 radical (unpaired) electrons. The van der Waals surface area contributed by atoms with E-state index < -0.39 is 0 Å². The van der Waals surface area contributed by atoms with E-state index >= 15 is 0 Å². The van der Waals surface area contributed by atoms with Crippen LogP contribution in [0.2, 0.25) is 5.02 Å². The van der Waals surface area contributed by atoms with Crippen molar-refractivity contribution in [2.45, 2.75) is 116 Å². The highest BCUT2D eigenvalue weighted by Gasteiger charge is 2.31. The summed E-state index contributed by atoms with van der Waals surface area (Å²) in [4.78, 5) is 31.2. The normalized spacial score (nSPS) is 17.7. The molecule has 6 nitrogen and oxygen atoms in total. The van der Waals surface area contributed by atoms with Gasteiger partial charge in [0.1, 0.15) is 6.54 Å². The number of rotatable bonds is 10. The average Bonchev–Trinajstić information content (AvgIpc) is 3.38. The topological polar surface area (TPSA) is 57.6 Å². The molecule has 0 saturated heterocycles. The lowest BCUT2D eigenvalue weighted by Gasteiger charge is -2.37. The second kappa shape index (κ2) is 14.1. The predicted octanol–water partition coefficient (Wildman–Crippen LogP) is 6.99. The van der Waals surface area contributed by atoms with Crippen molar-refractivity contribution in [1.29, 1.82) is 0 Å². The molecule has 2 aliphatic rings. The van der Waals surface area contributed by atoms with Crippen LogP contribution in [0.5, 0.6) is 0 Å². The molecule has 3 amide bonds. The minimum atomic E-state index is -0.0923. The third kappa shape index (κ3) is 7.56. The highest BCUT2D eigenvalue weighted by Crippen LogP contribution is 2.26. The van der Waals surface area contributed by atoms with Crippen LogP contribution in [-0.2, 0) is 17.9 Å². The van der Waals surface area contributed by atoms with Gasteiger partial charge in [0.15, 0.2) is 0 Å². The standard InChI is InChI=1S/C31H45ClN4O2/c1-3-24(2)35(31(38)33-26-14-6-4-7-15-26)23-30(37)36(27-16-8-5-9-17-27)22-28-18-12-20-34(28)21-25-13-10-11-19-29(25)32/h10-13,18-20,24,26-27H,3-9,14-17,21-23H2,1-2H3,(H,33,38). The fourth-order valence-corrected chi connectivity index (χ4v) is 6.13. The van der Waals surface area contributed by atoms with Crippen LogP contribution in [0.1, 0.15) is 95.7 Å². The van der Waals surface area contributed by atoms with E-state index in [1.54, 1.807) is 4.90 Å². The highest BCUT2D eigenvalue weighted by molar-refractivity contribution is 6.31. The summed E-state index contributed by atoms with van der Waals surface area (Å²) in [7, 11) is 0. The molecule has 1 heterocycles. The molecule has 0 bridgehead atoms. The SMILES string of the molecule is CCC(C)N(CC(=O)N(Cc1cccn1Cc1ccccc1Cl)C1CCCCC1)C(=O)NC1CCCCC1. The van der Waals surface area contributed by atoms with Gasteiger partial charge in [-0.05, 0) is 62.8 Å². The van der Waals surface area contributed by atoms with Crippen LogP contribution in [0.15, 0.2) is 42.6 Å². The van der Waals surface area contributed by atoms with Gasteiger partial charge in [-0.3, -0.25) is 4.79 Å². The summed E-state index contributed by atoms with van der Waals surface area (Å²) in [6.07, 6.45) is 14.1. The third-order valence-electron chi connectivity index (χ3n) is 8.51. The highest BCUT2D eigenvalue weighted by atomic mass is 35.5. The van der Waals surface area contributed by atoms with E-state index in [2.05, 4.69) is 34.0 Å². The molecular formula is C31H45ClN4O2. The molecule has 2 saturated carbocycles. The van der Waals surface area contributed by atoms with E-state index in [0.717, 1.165) is 74.1 Å². The number of hydrogen-bond acceptors (Lipinski definition) is 2. The maximum atomic E-state index is 14.0. The molecule has 1 aromatic carbocycles. The number of amides is 3. The minimum absolute atomic E-state index is 0.000157. The summed E-state index contributed by atoms with van der Waals surface area (Å²) in [5.41, 5.74) is 2.15. The monoisotopic (exact) mass is 540 g/mol. The van der Waals surface area contributed by atoms with Crippen LogP contribution in [-0.4, -0.2) is 51.0 Å². The van der Waals surface area contributed by atoms with Crippen LogP contribution < -0.4 is 5.32 Å². The molecule has 7 heteroatoms. The summed E-state index contributed by atoms with van der Waals surface area (Å²) < 4.78 is 2.19. The lowest BCUT2D eigenvalue weighted by atomic mass is 9.94. The summed E-state index contributed by atoms with van der Waals surface area (Å²) in [6.45, 7) is 5.45. The van der Waals surface area contributed by atoms with Crippen molar-refractivity contribution >= 4 is 23.5 Å². The molecule has 2 aliphatic carbocycles. The van der Waals surface area contributed by atoms with E-state index in [9.17, 15) is 9.59 Å². The number of nitrogens with zero attached hydrogens (tertiary/aromatic N) is 3. The van der Waals surface area contributed by atoms with Crippen LogP contribution in [0.4, 0.5) is 4.79 Å². The molecular weight excluding hydrogens is 496 g/mol. The number of aromatic nitrogens is 1. The van der Waals surface area contributed by atoms with Crippen LogP contribution >= 0.6 is 11.6 Å². The molecule has 1 N–H and O–H groups in total. The Bertz CT molecular complexity index is 1040. The summed E-state index contributed by atoms with van der Waals surface area (Å²) in [5, 5.41) is 4.00. The number of halogens is 1. The Morgan fingerprint density at radius 2 is 1.68 bits per heavy atom. The van der Waals surface area contributed by atoms with Crippen molar-refractivity contribution < 1.29 is 9.59 Å². The van der Waals surface area contributed by atoms with Gasteiger partial charge in [0.05, 0.1) is 6.54 Å². The Morgan fingerprint density at radius 1 is 1.00 bits per heavy atom. The van der Waals surface area contributed by atoms with E-state index in [0.29, 0.717) is 13.1 Å². The van der Waals surface area contributed by atoms with Gasteiger partial charge in [-0.15, -0.1) is 0 Å². The van der Waals surface area contributed by atoms with E-state index in [4.69, 9.17) is 11.6 Å².